The maximum atomic E-state index is 11.8. The molecule has 0 spiro atoms. The van der Waals surface area contributed by atoms with Crippen molar-refractivity contribution in [3.8, 4) is 5.75 Å². The number of benzene rings is 1. The Hall–Kier alpha value is -2.04. The molecule has 1 aliphatic rings. The van der Waals surface area contributed by atoms with Gasteiger partial charge in [-0.15, -0.1) is 0 Å². The molecule has 1 heterocycles. The van der Waals surface area contributed by atoms with Gasteiger partial charge in [-0.3, -0.25) is 9.59 Å². The smallest absolute Gasteiger partial charge is 0.261 e. The lowest BCUT2D eigenvalue weighted by Gasteiger charge is -2.26. The lowest BCUT2D eigenvalue weighted by Crippen LogP contribution is -2.51. The van der Waals surface area contributed by atoms with Crippen LogP contribution in [-0.2, 0) is 9.59 Å². The van der Waals surface area contributed by atoms with Crippen molar-refractivity contribution < 1.29 is 14.3 Å². The van der Waals surface area contributed by atoms with Crippen LogP contribution in [0.15, 0.2) is 24.3 Å². The highest BCUT2D eigenvalue weighted by Gasteiger charge is 2.21. The van der Waals surface area contributed by atoms with E-state index in [1.54, 1.807) is 0 Å². The quantitative estimate of drug-likeness (QED) is 0.838. The Kier molecular flexibility index (Phi) is 3.82. The monoisotopic (exact) mass is 248 g/mol. The molecule has 1 saturated heterocycles. The number of carbonyl (C=O) groups is 2. The molecule has 0 atom stereocenters. The van der Waals surface area contributed by atoms with Gasteiger partial charge in [0.05, 0.1) is 6.54 Å². The molecule has 1 N–H and O–H groups in total. The van der Waals surface area contributed by atoms with Gasteiger partial charge in [0.15, 0.2) is 6.61 Å². The van der Waals surface area contributed by atoms with Crippen LogP contribution < -0.4 is 10.1 Å². The standard InChI is InChI=1S/C13H16N2O3/c1-10-4-2-3-5-11(10)18-9-13(17)15-7-6-14-12(16)8-15/h2-5H,6-9H2,1H3,(H,14,16). The third-order valence-corrected chi connectivity index (χ3v) is 2.84. The van der Waals surface area contributed by atoms with Crippen molar-refractivity contribution in [1.29, 1.82) is 0 Å². The van der Waals surface area contributed by atoms with Crippen LogP contribution in [0.2, 0.25) is 0 Å². The highest BCUT2D eigenvalue weighted by molar-refractivity contribution is 5.86. The van der Waals surface area contributed by atoms with E-state index in [1.165, 1.54) is 4.90 Å². The van der Waals surface area contributed by atoms with Crippen LogP contribution in [0.1, 0.15) is 5.56 Å². The van der Waals surface area contributed by atoms with Crippen molar-refractivity contribution >= 4 is 11.8 Å². The van der Waals surface area contributed by atoms with E-state index < -0.39 is 0 Å². The van der Waals surface area contributed by atoms with Crippen LogP contribution in [0.4, 0.5) is 0 Å². The summed E-state index contributed by atoms with van der Waals surface area (Å²) in [6.45, 7) is 3.07. The molecule has 0 saturated carbocycles. The largest absolute Gasteiger partial charge is 0.484 e. The maximum Gasteiger partial charge on any atom is 0.261 e. The lowest BCUT2D eigenvalue weighted by atomic mass is 10.2. The molecule has 0 aliphatic carbocycles. The number of para-hydroxylation sites is 1. The third kappa shape index (κ3) is 3.00. The van der Waals surface area contributed by atoms with Gasteiger partial charge in [-0.2, -0.15) is 0 Å². The van der Waals surface area contributed by atoms with Gasteiger partial charge in [0.2, 0.25) is 5.91 Å². The average molecular weight is 248 g/mol. The molecule has 5 heteroatoms. The topological polar surface area (TPSA) is 58.6 Å². The molecule has 0 bridgehead atoms. The Morgan fingerprint density at radius 3 is 2.94 bits per heavy atom. The SMILES string of the molecule is Cc1ccccc1OCC(=O)N1CCNC(=O)C1. The summed E-state index contributed by atoms with van der Waals surface area (Å²) in [5, 5.41) is 2.68. The summed E-state index contributed by atoms with van der Waals surface area (Å²) in [5.74, 6) is 0.422. The number of amides is 2. The summed E-state index contributed by atoms with van der Waals surface area (Å²) in [5.41, 5.74) is 0.988. The van der Waals surface area contributed by atoms with Gasteiger partial charge < -0.3 is 15.0 Å². The Labute approximate surface area is 106 Å². The first kappa shape index (κ1) is 12.4. The van der Waals surface area contributed by atoms with Crippen LogP contribution in [-0.4, -0.2) is 43.0 Å². The van der Waals surface area contributed by atoms with E-state index in [2.05, 4.69) is 5.32 Å². The fraction of sp³-hybridized carbons (Fsp3) is 0.385. The Balaban J connectivity index is 1.88. The van der Waals surface area contributed by atoms with Crippen LogP contribution in [0, 0.1) is 6.92 Å². The number of aryl methyl sites for hydroxylation is 1. The highest BCUT2D eigenvalue weighted by atomic mass is 16.5. The van der Waals surface area contributed by atoms with Gasteiger partial charge in [0.1, 0.15) is 5.75 Å². The maximum absolute atomic E-state index is 11.8. The molecule has 0 unspecified atom stereocenters. The molecule has 18 heavy (non-hydrogen) atoms. The van der Waals surface area contributed by atoms with E-state index in [0.29, 0.717) is 18.8 Å². The molecule has 2 amide bonds. The first-order valence-corrected chi connectivity index (χ1v) is 5.90. The molecule has 96 valence electrons. The van der Waals surface area contributed by atoms with Gasteiger partial charge in [-0.1, -0.05) is 18.2 Å². The second kappa shape index (κ2) is 5.53. The fourth-order valence-electron chi connectivity index (χ4n) is 1.80. The minimum absolute atomic E-state index is 0.0296. The van der Waals surface area contributed by atoms with E-state index in [4.69, 9.17) is 4.74 Å². The molecule has 1 aliphatic heterocycles. The molecule has 2 rings (SSSR count). The highest BCUT2D eigenvalue weighted by Crippen LogP contribution is 2.16. The normalized spacial score (nSPS) is 15.2. The average Bonchev–Trinajstić information content (AvgIpc) is 2.37. The van der Waals surface area contributed by atoms with Crippen molar-refractivity contribution in [3.63, 3.8) is 0 Å². The van der Waals surface area contributed by atoms with Crippen LogP contribution in [0.5, 0.6) is 5.75 Å². The van der Waals surface area contributed by atoms with Crippen LogP contribution in [0.25, 0.3) is 0 Å². The predicted molar refractivity (Wildman–Crippen MR) is 66.3 cm³/mol. The summed E-state index contributed by atoms with van der Waals surface area (Å²) in [6.07, 6.45) is 0. The zero-order chi connectivity index (χ0) is 13.0. The van der Waals surface area contributed by atoms with Gasteiger partial charge in [0, 0.05) is 13.1 Å². The molecule has 1 aromatic carbocycles. The predicted octanol–water partition coefficient (Wildman–Crippen LogP) is 0.332. The molecule has 5 nitrogen and oxygen atoms in total. The Morgan fingerprint density at radius 2 is 2.22 bits per heavy atom. The van der Waals surface area contributed by atoms with Crippen molar-refractivity contribution in [2.45, 2.75) is 6.92 Å². The fourth-order valence-corrected chi connectivity index (χ4v) is 1.80. The van der Waals surface area contributed by atoms with Crippen molar-refractivity contribution in [2.24, 2.45) is 0 Å². The molecular weight excluding hydrogens is 232 g/mol. The van der Waals surface area contributed by atoms with Crippen LogP contribution >= 0.6 is 0 Å². The Morgan fingerprint density at radius 1 is 1.44 bits per heavy atom. The van der Waals surface area contributed by atoms with E-state index in [9.17, 15) is 9.59 Å². The molecule has 0 radical (unpaired) electrons. The van der Waals surface area contributed by atoms with Gasteiger partial charge in [0.25, 0.3) is 5.91 Å². The van der Waals surface area contributed by atoms with Crippen LogP contribution in [0.3, 0.4) is 0 Å². The Bertz CT molecular complexity index is 459. The molecular formula is C13H16N2O3. The summed E-state index contributed by atoms with van der Waals surface area (Å²) in [6, 6.07) is 7.53. The van der Waals surface area contributed by atoms with Crippen molar-refractivity contribution in [3.05, 3.63) is 29.8 Å². The minimum atomic E-state index is -0.159. The van der Waals surface area contributed by atoms with Crippen molar-refractivity contribution in [1.82, 2.24) is 10.2 Å². The summed E-state index contributed by atoms with van der Waals surface area (Å²) in [7, 11) is 0. The summed E-state index contributed by atoms with van der Waals surface area (Å²) in [4.78, 5) is 24.5. The van der Waals surface area contributed by atoms with E-state index in [0.717, 1.165) is 5.56 Å². The third-order valence-electron chi connectivity index (χ3n) is 2.84. The number of hydrogen-bond donors (Lipinski definition) is 1. The summed E-state index contributed by atoms with van der Waals surface area (Å²) < 4.78 is 5.46. The number of nitrogens with one attached hydrogen (secondary N) is 1. The zero-order valence-corrected chi connectivity index (χ0v) is 10.3. The second-order valence-corrected chi connectivity index (χ2v) is 4.22. The number of carbonyl (C=O) groups excluding carboxylic acids is 2. The van der Waals surface area contributed by atoms with E-state index in [-0.39, 0.29) is 25.0 Å². The zero-order valence-electron chi connectivity index (χ0n) is 10.3. The van der Waals surface area contributed by atoms with E-state index in [1.807, 2.05) is 31.2 Å². The number of piperazine rings is 1. The number of hydrogen-bond acceptors (Lipinski definition) is 3. The molecule has 1 aromatic rings. The lowest BCUT2D eigenvalue weighted by molar-refractivity contribution is -0.139. The molecule has 0 aromatic heterocycles. The minimum Gasteiger partial charge on any atom is -0.484 e. The van der Waals surface area contributed by atoms with Crippen molar-refractivity contribution in [2.75, 3.05) is 26.2 Å². The van der Waals surface area contributed by atoms with Gasteiger partial charge in [-0.05, 0) is 18.6 Å². The second-order valence-electron chi connectivity index (χ2n) is 4.22. The van der Waals surface area contributed by atoms with E-state index >= 15 is 0 Å². The first-order chi connectivity index (χ1) is 8.66. The van der Waals surface area contributed by atoms with Gasteiger partial charge >= 0.3 is 0 Å². The number of ether oxygens (including phenoxy) is 1. The first-order valence-electron chi connectivity index (χ1n) is 5.90. The number of nitrogens with zero attached hydrogens (tertiary/aromatic N) is 1. The molecule has 1 fully saturated rings. The number of rotatable bonds is 3. The van der Waals surface area contributed by atoms with Gasteiger partial charge in [-0.25, -0.2) is 0 Å². The summed E-state index contributed by atoms with van der Waals surface area (Å²) >= 11 is 0.